The Morgan fingerprint density at radius 2 is 2.14 bits per heavy atom. The van der Waals surface area contributed by atoms with Gasteiger partial charge in [0, 0.05) is 31.9 Å². The van der Waals surface area contributed by atoms with E-state index in [4.69, 9.17) is 5.73 Å². The van der Waals surface area contributed by atoms with Crippen LogP contribution in [0.15, 0.2) is 24.3 Å². The summed E-state index contributed by atoms with van der Waals surface area (Å²) < 4.78 is 0. The van der Waals surface area contributed by atoms with Crippen LogP contribution < -0.4 is 11.1 Å². The molecule has 2 aromatic rings. The molecule has 0 atom stereocenters. The molecule has 7 nitrogen and oxygen atoms in total. The van der Waals surface area contributed by atoms with Crippen LogP contribution in [0.2, 0.25) is 0 Å². The van der Waals surface area contributed by atoms with Crippen LogP contribution in [0, 0.1) is 0 Å². The van der Waals surface area contributed by atoms with E-state index < -0.39 is 0 Å². The van der Waals surface area contributed by atoms with Crippen LogP contribution >= 0.6 is 0 Å². The van der Waals surface area contributed by atoms with Gasteiger partial charge in [0.15, 0.2) is 5.69 Å². The largest absolute Gasteiger partial charge is 0.350 e. The number of hydrogen-bond acceptors (Lipinski definition) is 4. The quantitative estimate of drug-likeness (QED) is 0.692. The number of nitrogens with zero attached hydrogens (tertiary/aromatic N) is 2. The van der Waals surface area contributed by atoms with Gasteiger partial charge < -0.3 is 16.0 Å². The molecule has 1 heterocycles. The molecule has 0 fully saturated rings. The summed E-state index contributed by atoms with van der Waals surface area (Å²) in [5.74, 6) is -0.296. The monoisotopic (exact) mass is 303 g/mol. The van der Waals surface area contributed by atoms with Gasteiger partial charge in [0.1, 0.15) is 0 Å². The molecule has 118 valence electrons. The maximum atomic E-state index is 12.1. The third-order valence-electron chi connectivity index (χ3n) is 3.43. The lowest BCUT2D eigenvalue weighted by Crippen LogP contribution is -2.33. The van der Waals surface area contributed by atoms with E-state index in [0.717, 1.165) is 17.3 Å². The molecule has 2 rings (SSSR count). The highest BCUT2D eigenvalue weighted by molar-refractivity contribution is 6.04. The Labute approximate surface area is 128 Å². The molecule has 0 radical (unpaired) electrons. The van der Waals surface area contributed by atoms with E-state index in [1.807, 2.05) is 24.3 Å². The molecular formula is C15H21N5O2. The summed E-state index contributed by atoms with van der Waals surface area (Å²) in [5, 5.41) is 10.3. The number of rotatable bonds is 7. The Balaban J connectivity index is 1.84. The molecule has 0 bridgehead atoms. The Morgan fingerprint density at radius 3 is 2.91 bits per heavy atom. The average molecular weight is 303 g/mol. The molecule has 0 aliphatic carbocycles. The summed E-state index contributed by atoms with van der Waals surface area (Å²) in [4.78, 5) is 25.6. The summed E-state index contributed by atoms with van der Waals surface area (Å²) in [7, 11) is 1.74. The van der Waals surface area contributed by atoms with Crippen LogP contribution in [0.4, 0.5) is 0 Å². The van der Waals surface area contributed by atoms with Gasteiger partial charge in [0.25, 0.3) is 5.91 Å². The van der Waals surface area contributed by atoms with Crippen LogP contribution in [0.5, 0.6) is 0 Å². The third kappa shape index (κ3) is 3.82. The van der Waals surface area contributed by atoms with Gasteiger partial charge >= 0.3 is 0 Å². The fraction of sp³-hybridized carbons (Fsp3) is 0.400. The van der Waals surface area contributed by atoms with E-state index >= 15 is 0 Å². The predicted octanol–water partition coefficient (Wildman–Crippen LogP) is 0.490. The first kappa shape index (κ1) is 16.0. The zero-order chi connectivity index (χ0) is 15.9. The fourth-order valence-corrected chi connectivity index (χ4v) is 2.15. The normalized spacial score (nSPS) is 10.6. The van der Waals surface area contributed by atoms with Crippen LogP contribution in [0.25, 0.3) is 10.9 Å². The number of aromatic nitrogens is 2. The molecule has 2 amide bonds. The number of nitrogens with two attached hydrogens (primary N) is 1. The van der Waals surface area contributed by atoms with Gasteiger partial charge in [0.2, 0.25) is 5.91 Å². The second-order valence-electron chi connectivity index (χ2n) is 5.08. The number of hydrogen-bond donors (Lipinski definition) is 3. The maximum absolute atomic E-state index is 12.1. The molecule has 0 unspecified atom stereocenters. The number of amides is 2. The van der Waals surface area contributed by atoms with Crippen LogP contribution in [-0.4, -0.2) is 53.6 Å². The maximum Gasteiger partial charge on any atom is 0.272 e. The predicted molar refractivity (Wildman–Crippen MR) is 84.4 cm³/mol. The molecular weight excluding hydrogens is 282 g/mol. The minimum Gasteiger partial charge on any atom is -0.350 e. The van der Waals surface area contributed by atoms with Crippen molar-refractivity contribution in [3.63, 3.8) is 0 Å². The van der Waals surface area contributed by atoms with Crippen molar-refractivity contribution >= 4 is 22.7 Å². The van der Waals surface area contributed by atoms with Gasteiger partial charge in [-0.3, -0.25) is 14.7 Å². The first-order valence-electron chi connectivity index (χ1n) is 7.29. The molecule has 1 aromatic carbocycles. The SMILES string of the molecule is CN(CCCN)C(=O)CCNC(=O)c1n[nH]c2ccccc12. The lowest BCUT2D eigenvalue weighted by atomic mass is 10.2. The number of para-hydroxylation sites is 1. The smallest absolute Gasteiger partial charge is 0.272 e. The third-order valence-corrected chi connectivity index (χ3v) is 3.43. The van der Waals surface area contributed by atoms with Gasteiger partial charge in [-0.05, 0) is 19.0 Å². The number of fused-ring (bicyclic) bond motifs is 1. The van der Waals surface area contributed by atoms with Crippen LogP contribution in [0.3, 0.4) is 0 Å². The molecule has 7 heteroatoms. The summed E-state index contributed by atoms with van der Waals surface area (Å²) in [5.41, 5.74) is 6.57. The number of carbonyl (C=O) groups is 2. The van der Waals surface area contributed by atoms with E-state index in [1.54, 1.807) is 11.9 Å². The first-order valence-corrected chi connectivity index (χ1v) is 7.29. The highest BCUT2D eigenvalue weighted by Gasteiger charge is 2.14. The van der Waals surface area contributed by atoms with Crippen molar-refractivity contribution in [3.8, 4) is 0 Å². The van der Waals surface area contributed by atoms with Gasteiger partial charge in [-0.15, -0.1) is 0 Å². The molecule has 22 heavy (non-hydrogen) atoms. The lowest BCUT2D eigenvalue weighted by molar-refractivity contribution is -0.129. The highest BCUT2D eigenvalue weighted by Crippen LogP contribution is 2.14. The van der Waals surface area contributed by atoms with Gasteiger partial charge in [-0.1, -0.05) is 18.2 Å². The first-order chi connectivity index (χ1) is 10.6. The van der Waals surface area contributed by atoms with Gasteiger partial charge in [0.05, 0.1) is 5.52 Å². The van der Waals surface area contributed by atoms with Crippen molar-refractivity contribution in [3.05, 3.63) is 30.0 Å². The summed E-state index contributed by atoms with van der Waals surface area (Å²) in [6.45, 7) is 1.47. The lowest BCUT2D eigenvalue weighted by Gasteiger charge is -2.16. The van der Waals surface area contributed by atoms with Crippen molar-refractivity contribution in [2.24, 2.45) is 5.73 Å². The minimum atomic E-state index is -0.283. The summed E-state index contributed by atoms with van der Waals surface area (Å²) in [6, 6.07) is 7.41. The number of H-pyrrole nitrogens is 1. The van der Waals surface area contributed by atoms with Crippen LogP contribution in [0.1, 0.15) is 23.3 Å². The molecule has 1 aromatic heterocycles. The number of benzene rings is 1. The van der Waals surface area contributed by atoms with Crippen molar-refractivity contribution in [1.29, 1.82) is 0 Å². The number of carbonyl (C=O) groups excluding carboxylic acids is 2. The second kappa shape index (κ2) is 7.56. The molecule has 0 spiro atoms. The summed E-state index contributed by atoms with van der Waals surface area (Å²) >= 11 is 0. The van der Waals surface area contributed by atoms with Gasteiger partial charge in [-0.25, -0.2) is 0 Å². The Kier molecular flexibility index (Phi) is 5.48. The topological polar surface area (TPSA) is 104 Å². The van der Waals surface area contributed by atoms with E-state index in [9.17, 15) is 9.59 Å². The van der Waals surface area contributed by atoms with Gasteiger partial charge in [-0.2, -0.15) is 5.10 Å². The van der Waals surface area contributed by atoms with E-state index in [0.29, 0.717) is 18.8 Å². The molecule has 0 aliphatic rings. The van der Waals surface area contributed by atoms with E-state index in [1.165, 1.54) is 0 Å². The Hall–Kier alpha value is -2.41. The molecule has 0 saturated carbocycles. The number of aromatic amines is 1. The zero-order valence-electron chi connectivity index (χ0n) is 12.6. The van der Waals surface area contributed by atoms with Crippen molar-refractivity contribution in [2.45, 2.75) is 12.8 Å². The fourth-order valence-electron chi connectivity index (χ4n) is 2.15. The summed E-state index contributed by atoms with van der Waals surface area (Å²) in [6.07, 6.45) is 1.03. The highest BCUT2D eigenvalue weighted by atomic mass is 16.2. The van der Waals surface area contributed by atoms with Crippen molar-refractivity contribution < 1.29 is 9.59 Å². The second-order valence-corrected chi connectivity index (χ2v) is 5.08. The zero-order valence-corrected chi connectivity index (χ0v) is 12.6. The van der Waals surface area contributed by atoms with Crippen molar-refractivity contribution in [2.75, 3.05) is 26.7 Å². The molecule has 4 N–H and O–H groups in total. The number of nitrogens with one attached hydrogen (secondary N) is 2. The van der Waals surface area contributed by atoms with Crippen LogP contribution in [-0.2, 0) is 4.79 Å². The van der Waals surface area contributed by atoms with E-state index in [-0.39, 0.29) is 24.8 Å². The molecule has 0 saturated heterocycles. The Bertz CT molecular complexity index is 652. The standard InChI is InChI=1S/C15H21N5O2/c1-20(10-4-8-16)13(21)7-9-17-15(22)14-11-5-2-3-6-12(11)18-19-14/h2-3,5-6H,4,7-10,16H2,1H3,(H,17,22)(H,18,19). The van der Waals surface area contributed by atoms with E-state index in [2.05, 4.69) is 15.5 Å². The average Bonchev–Trinajstić information content (AvgIpc) is 2.96. The Morgan fingerprint density at radius 1 is 1.36 bits per heavy atom. The van der Waals surface area contributed by atoms with Crippen molar-refractivity contribution in [1.82, 2.24) is 20.4 Å². The minimum absolute atomic E-state index is 0.0133. The molecule has 0 aliphatic heterocycles.